The quantitative estimate of drug-likeness (QED) is 0.591. The van der Waals surface area contributed by atoms with Gasteiger partial charge in [0.15, 0.2) is 0 Å². The van der Waals surface area contributed by atoms with Gasteiger partial charge in [-0.25, -0.2) is 10.4 Å². The third kappa shape index (κ3) is 2.22. The van der Waals surface area contributed by atoms with Crippen LogP contribution in [0.3, 0.4) is 0 Å². The number of aromatic nitrogens is 2. The molecule has 4 nitrogen and oxygen atoms in total. The Morgan fingerprint density at radius 2 is 2.33 bits per heavy atom. The largest absolute Gasteiger partial charge is 0.323 e. The predicted octanol–water partition coefficient (Wildman–Crippen LogP) is 2.54. The molecule has 0 aliphatic rings. The molecule has 1 aromatic carbocycles. The fourth-order valence-corrected chi connectivity index (χ4v) is 1.21. The van der Waals surface area contributed by atoms with Gasteiger partial charge in [0.25, 0.3) is 0 Å². The van der Waals surface area contributed by atoms with Crippen molar-refractivity contribution in [3.63, 3.8) is 0 Å². The minimum absolute atomic E-state index is 0.633. The number of benzene rings is 1. The molecule has 0 spiro atoms. The molecule has 15 heavy (non-hydrogen) atoms. The first kappa shape index (κ1) is 9.45. The topological polar surface area (TPSA) is 53.1 Å². The zero-order valence-electron chi connectivity index (χ0n) is 8.49. The van der Waals surface area contributed by atoms with E-state index in [2.05, 4.69) is 27.1 Å². The highest BCUT2D eigenvalue weighted by molar-refractivity contribution is 5.79. The number of aromatic amines is 1. The normalized spacial score (nSPS) is 11.0. The Hall–Kier alpha value is -2.10. The molecule has 0 atom stereocenters. The number of hydrazone groups is 1. The molecule has 0 bridgehead atoms. The Labute approximate surface area is 87.7 Å². The molecular weight excluding hydrogens is 188 g/mol. The highest BCUT2D eigenvalue weighted by Gasteiger charge is 1.98. The molecule has 0 aliphatic carbocycles. The van der Waals surface area contributed by atoms with E-state index in [9.17, 15) is 0 Å². The van der Waals surface area contributed by atoms with Crippen LogP contribution in [0.5, 0.6) is 0 Å². The number of hydrogen-bond donors (Lipinski definition) is 2. The summed E-state index contributed by atoms with van der Waals surface area (Å²) >= 11 is 0. The minimum Gasteiger partial charge on any atom is -0.323 e. The van der Waals surface area contributed by atoms with Crippen LogP contribution in [0.15, 0.2) is 41.5 Å². The highest BCUT2D eigenvalue weighted by atomic mass is 15.3. The van der Waals surface area contributed by atoms with Gasteiger partial charge in [-0.3, -0.25) is 0 Å². The standard InChI is InChI=1S/C11H12N4/c1-8(2)7-12-15-11-13-9-5-3-4-6-10(9)14-11/h3-7H,1H2,2H3,(H2,13,14,15)/b12-7+. The number of para-hydroxylation sites is 2. The number of imidazole rings is 1. The number of hydrogen-bond acceptors (Lipinski definition) is 3. The Morgan fingerprint density at radius 3 is 3.07 bits per heavy atom. The van der Waals surface area contributed by atoms with Gasteiger partial charge >= 0.3 is 0 Å². The number of allylic oxidation sites excluding steroid dienone is 1. The van der Waals surface area contributed by atoms with Crippen LogP contribution in [0.1, 0.15) is 6.92 Å². The molecule has 0 amide bonds. The summed E-state index contributed by atoms with van der Waals surface area (Å²) in [6.07, 6.45) is 1.65. The smallest absolute Gasteiger partial charge is 0.222 e. The van der Waals surface area contributed by atoms with E-state index in [1.54, 1.807) is 6.21 Å². The summed E-state index contributed by atoms with van der Waals surface area (Å²) in [6.45, 7) is 5.59. The molecular formula is C11H12N4. The van der Waals surface area contributed by atoms with Gasteiger partial charge in [0, 0.05) is 6.21 Å². The van der Waals surface area contributed by atoms with Crippen LogP contribution < -0.4 is 5.43 Å². The van der Waals surface area contributed by atoms with Gasteiger partial charge in [-0.2, -0.15) is 5.10 Å². The number of nitrogens with zero attached hydrogens (tertiary/aromatic N) is 2. The fourth-order valence-electron chi connectivity index (χ4n) is 1.21. The lowest BCUT2D eigenvalue weighted by atomic mass is 10.3. The molecule has 2 rings (SSSR count). The van der Waals surface area contributed by atoms with Crippen molar-refractivity contribution in [2.24, 2.45) is 5.10 Å². The lowest BCUT2D eigenvalue weighted by Crippen LogP contribution is -1.91. The molecule has 2 aromatic rings. The van der Waals surface area contributed by atoms with Crippen molar-refractivity contribution < 1.29 is 0 Å². The van der Waals surface area contributed by atoms with Crippen LogP contribution >= 0.6 is 0 Å². The molecule has 0 unspecified atom stereocenters. The van der Waals surface area contributed by atoms with E-state index in [0.717, 1.165) is 16.6 Å². The van der Waals surface area contributed by atoms with Gasteiger partial charge in [-0.15, -0.1) is 0 Å². The third-order valence-electron chi connectivity index (χ3n) is 1.84. The Morgan fingerprint density at radius 1 is 1.53 bits per heavy atom. The number of anilines is 1. The van der Waals surface area contributed by atoms with Crippen molar-refractivity contribution in [2.75, 3.05) is 5.43 Å². The summed E-state index contributed by atoms with van der Waals surface area (Å²) in [6, 6.07) is 7.82. The van der Waals surface area contributed by atoms with Gasteiger partial charge < -0.3 is 4.98 Å². The zero-order chi connectivity index (χ0) is 10.7. The van der Waals surface area contributed by atoms with E-state index < -0.39 is 0 Å². The second-order valence-electron chi connectivity index (χ2n) is 3.32. The Bertz CT molecular complexity index is 477. The molecule has 0 radical (unpaired) electrons. The Kier molecular flexibility index (Phi) is 2.49. The number of H-pyrrole nitrogens is 1. The van der Waals surface area contributed by atoms with Gasteiger partial charge in [-0.05, 0) is 24.6 Å². The molecule has 76 valence electrons. The first-order valence-electron chi connectivity index (χ1n) is 4.65. The van der Waals surface area contributed by atoms with Crippen LogP contribution in [0, 0.1) is 0 Å². The molecule has 4 heteroatoms. The predicted molar refractivity (Wildman–Crippen MR) is 63.0 cm³/mol. The third-order valence-corrected chi connectivity index (χ3v) is 1.84. The maximum atomic E-state index is 4.30. The van der Waals surface area contributed by atoms with E-state index in [0.29, 0.717) is 5.95 Å². The number of nitrogens with one attached hydrogen (secondary N) is 2. The van der Waals surface area contributed by atoms with Gasteiger partial charge in [-0.1, -0.05) is 18.7 Å². The van der Waals surface area contributed by atoms with E-state index in [1.165, 1.54) is 0 Å². The number of rotatable bonds is 3. The van der Waals surface area contributed by atoms with Crippen LogP contribution in [0.25, 0.3) is 11.0 Å². The van der Waals surface area contributed by atoms with E-state index >= 15 is 0 Å². The van der Waals surface area contributed by atoms with Crippen molar-refractivity contribution >= 4 is 23.2 Å². The zero-order valence-corrected chi connectivity index (χ0v) is 8.49. The van der Waals surface area contributed by atoms with E-state index in [4.69, 9.17) is 0 Å². The summed E-state index contributed by atoms with van der Waals surface area (Å²) in [5.74, 6) is 0.633. The summed E-state index contributed by atoms with van der Waals surface area (Å²) in [4.78, 5) is 7.40. The van der Waals surface area contributed by atoms with Crippen molar-refractivity contribution in [1.82, 2.24) is 9.97 Å². The second-order valence-corrected chi connectivity index (χ2v) is 3.32. The molecule has 0 saturated carbocycles. The van der Waals surface area contributed by atoms with Gasteiger partial charge in [0.1, 0.15) is 0 Å². The summed E-state index contributed by atoms with van der Waals surface area (Å²) in [7, 11) is 0. The van der Waals surface area contributed by atoms with Gasteiger partial charge in [0.05, 0.1) is 11.0 Å². The lowest BCUT2D eigenvalue weighted by molar-refractivity contribution is 1.21. The molecule has 0 fully saturated rings. The SMILES string of the molecule is C=C(C)/C=N/Nc1nc2ccccc2[nH]1. The van der Waals surface area contributed by atoms with E-state index in [1.807, 2.05) is 31.2 Å². The molecule has 1 aromatic heterocycles. The summed E-state index contributed by atoms with van der Waals surface area (Å²) in [5, 5.41) is 3.97. The maximum Gasteiger partial charge on any atom is 0.222 e. The average Bonchev–Trinajstić information content (AvgIpc) is 2.59. The second kappa shape index (κ2) is 3.96. The molecule has 2 N–H and O–H groups in total. The van der Waals surface area contributed by atoms with Crippen LogP contribution in [-0.2, 0) is 0 Å². The first-order valence-corrected chi connectivity index (χ1v) is 4.65. The molecule has 0 saturated heterocycles. The Balaban J connectivity index is 2.19. The van der Waals surface area contributed by atoms with Crippen molar-refractivity contribution in [2.45, 2.75) is 6.92 Å². The lowest BCUT2D eigenvalue weighted by Gasteiger charge is -1.91. The molecule has 0 aliphatic heterocycles. The fraction of sp³-hybridized carbons (Fsp3) is 0.0909. The van der Waals surface area contributed by atoms with Gasteiger partial charge in [0.2, 0.25) is 5.95 Å². The maximum absolute atomic E-state index is 4.30. The minimum atomic E-state index is 0.633. The van der Waals surface area contributed by atoms with Crippen LogP contribution in [0.2, 0.25) is 0 Å². The number of fused-ring (bicyclic) bond motifs is 1. The molecule has 1 heterocycles. The summed E-state index contributed by atoms with van der Waals surface area (Å²) in [5.41, 5.74) is 5.61. The van der Waals surface area contributed by atoms with Crippen molar-refractivity contribution in [3.8, 4) is 0 Å². The van der Waals surface area contributed by atoms with Crippen molar-refractivity contribution in [1.29, 1.82) is 0 Å². The summed E-state index contributed by atoms with van der Waals surface area (Å²) < 4.78 is 0. The average molecular weight is 200 g/mol. The van der Waals surface area contributed by atoms with Crippen LogP contribution in [0.4, 0.5) is 5.95 Å². The first-order chi connectivity index (χ1) is 7.25. The van der Waals surface area contributed by atoms with Crippen LogP contribution in [-0.4, -0.2) is 16.2 Å². The highest BCUT2D eigenvalue weighted by Crippen LogP contribution is 2.12. The van der Waals surface area contributed by atoms with Crippen molar-refractivity contribution in [3.05, 3.63) is 36.4 Å². The van der Waals surface area contributed by atoms with E-state index in [-0.39, 0.29) is 0 Å². The monoisotopic (exact) mass is 200 g/mol.